The van der Waals surface area contributed by atoms with Crippen molar-refractivity contribution in [2.45, 2.75) is 113 Å². The van der Waals surface area contributed by atoms with E-state index in [1.165, 1.54) is 9.71 Å². The number of H-pyrrole nitrogens is 2. The number of hydrogen-bond donors (Lipinski definition) is 3. The van der Waals surface area contributed by atoms with Gasteiger partial charge in [-0.25, -0.2) is 10.5 Å². The second-order valence-corrected chi connectivity index (χ2v) is 18.7. The highest BCUT2D eigenvalue weighted by atomic mass is 32.2. The zero-order valence-electron chi connectivity index (χ0n) is 32.2. The number of pyridine rings is 1. The van der Waals surface area contributed by atoms with E-state index in [1.54, 1.807) is 17.4 Å². The third-order valence-corrected chi connectivity index (χ3v) is 9.38. The third-order valence-electron chi connectivity index (χ3n) is 7.00. The maximum Gasteiger partial charge on any atom is 0.281 e. The summed E-state index contributed by atoms with van der Waals surface area (Å²) >= 11 is 2.85. The summed E-state index contributed by atoms with van der Waals surface area (Å²) in [6.45, 7) is 26.7. The van der Waals surface area contributed by atoms with Gasteiger partial charge in [-0.1, -0.05) is 99.6 Å². The Morgan fingerprint density at radius 2 is 1.55 bits per heavy atom. The summed E-state index contributed by atoms with van der Waals surface area (Å²) in [5.41, 5.74) is 4.98. The number of ether oxygens (including phenoxy) is 1. The van der Waals surface area contributed by atoms with E-state index in [0.29, 0.717) is 5.69 Å². The Kier molecular flexibility index (Phi) is 13.8. The number of rotatable bonds is 2. The van der Waals surface area contributed by atoms with E-state index in [0.717, 1.165) is 51.7 Å². The van der Waals surface area contributed by atoms with Crippen LogP contribution in [0, 0.1) is 5.41 Å². The number of nitrogens with one attached hydrogen (secondary N) is 3. The third kappa shape index (κ3) is 12.5. The normalized spacial score (nSPS) is 14.7. The highest BCUT2D eigenvalue weighted by molar-refractivity contribution is 8.09. The zero-order valence-corrected chi connectivity index (χ0v) is 34.7. The van der Waals surface area contributed by atoms with Crippen molar-refractivity contribution in [3.05, 3.63) is 85.6 Å². The lowest BCUT2D eigenvalue weighted by molar-refractivity contribution is 0.133. The van der Waals surface area contributed by atoms with Gasteiger partial charge in [0, 0.05) is 45.1 Å². The maximum atomic E-state index is 11.5. The molecule has 0 fully saturated rings. The SMILES string of the molecule is C=S1N=C(C(C)(C)C)NO1.CC(C)(C)c1[nH]c(=O)cc2ccccc12.CC(C)(C)c1ns[nH]c1=O.CCc1nc2c(OC(C)(C)C)cccc2s1. The van der Waals surface area contributed by atoms with Gasteiger partial charge in [-0.2, -0.15) is 13.1 Å². The lowest BCUT2D eigenvalue weighted by Crippen LogP contribution is -2.30. The number of nitrogens with zero attached hydrogens (tertiary/aromatic N) is 3. The Morgan fingerprint density at radius 3 is 2.02 bits per heavy atom. The van der Waals surface area contributed by atoms with Crippen molar-refractivity contribution in [1.29, 1.82) is 0 Å². The molecule has 5 aromatic rings. The molecule has 13 heteroatoms. The highest BCUT2D eigenvalue weighted by Crippen LogP contribution is 2.32. The number of hydrogen-bond acceptors (Lipinski definition) is 10. The van der Waals surface area contributed by atoms with Gasteiger partial charge in [-0.15, -0.1) is 11.3 Å². The molecule has 2 aromatic carbocycles. The molecule has 1 atom stereocenters. The molecule has 0 bridgehead atoms. The van der Waals surface area contributed by atoms with Gasteiger partial charge in [0.1, 0.15) is 28.4 Å². The van der Waals surface area contributed by atoms with Gasteiger partial charge < -0.3 is 9.72 Å². The maximum absolute atomic E-state index is 11.5. The number of hydroxylamine groups is 1. The summed E-state index contributed by atoms with van der Waals surface area (Å²) in [6, 6.07) is 15.7. The average Bonchev–Trinajstić information content (AvgIpc) is 3.76. The van der Waals surface area contributed by atoms with Gasteiger partial charge >= 0.3 is 0 Å². The topological polar surface area (TPSA) is 134 Å². The van der Waals surface area contributed by atoms with Crippen LogP contribution < -0.4 is 21.3 Å². The van der Waals surface area contributed by atoms with Crippen LogP contribution in [-0.2, 0) is 21.5 Å². The monoisotopic (exact) mass is 754 g/mol. The molecule has 0 radical (unpaired) electrons. The second kappa shape index (κ2) is 16.8. The Hall–Kier alpha value is -3.65. The Labute approximate surface area is 312 Å². The number of fused-ring (bicyclic) bond motifs is 2. The fourth-order valence-electron chi connectivity index (χ4n) is 4.54. The molecule has 3 N–H and O–H groups in total. The molecule has 6 rings (SSSR count). The number of benzene rings is 2. The van der Waals surface area contributed by atoms with E-state index in [4.69, 9.17) is 9.02 Å². The first-order chi connectivity index (χ1) is 23.5. The number of para-hydroxylation sites is 1. The molecule has 1 aliphatic heterocycles. The zero-order chi connectivity index (χ0) is 38.4. The molecule has 10 nitrogen and oxygen atoms in total. The van der Waals surface area contributed by atoms with Gasteiger partial charge in [0.2, 0.25) is 5.56 Å². The second-order valence-electron chi connectivity index (χ2n) is 16.0. The molecule has 3 aromatic heterocycles. The number of aromatic amines is 2. The molecule has 0 aliphatic carbocycles. The van der Waals surface area contributed by atoms with Crippen molar-refractivity contribution < 1.29 is 9.02 Å². The number of thiazole rings is 1. The van der Waals surface area contributed by atoms with Crippen molar-refractivity contribution >= 4 is 66.7 Å². The molecule has 0 spiro atoms. The number of aromatic nitrogens is 4. The van der Waals surface area contributed by atoms with E-state index >= 15 is 0 Å². The van der Waals surface area contributed by atoms with Crippen LogP contribution >= 0.6 is 34.0 Å². The highest BCUT2D eigenvalue weighted by Gasteiger charge is 2.23. The molecule has 51 heavy (non-hydrogen) atoms. The number of aryl methyl sites for hydroxylation is 1. The molecule has 0 saturated heterocycles. The van der Waals surface area contributed by atoms with Crippen LogP contribution in [0.15, 0.2) is 62.5 Å². The van der Waals surface area contributed by atoms with Crippen LogP contribution in [0.5, 0.6) is 5.75 Å². The minimum absolute atomic E-state index is 0.0291. The first kappa shape index (κ1) is 41.8. The smallest absolute Gasteiger partial charge is 0.281 e. The predicted molar refractivity (Wildman–Crippen MR) is 220 cm³/mol. The van der Waals surface area contributed by atoms with Gasteiger partial charge in [-0.3, -0.25) is 14.0 Å². The predicted octanol–water partition coefficient (Wildman–Crippen LogP) is 9.49. The first-order valence-corrected chi connectivity index (χ1v) is 19.7. The first-order valence-electron chi connectivity index (χ1n) is 16.8. The van der Waals surface area contributed by atoms with Crippen LogP contribution in [0.1, 0.15) is 106 Å². The minimum Gasteiger partial charge on any atom is -0.486 e. The largest absolute Gasteiger partial charge is 0.486 e. The van der Waals surface area contributed by atoms with Crippen LogP contribution in [0.3, 0.4) is 0 Å². The molecule has 0 saturated carbocycles. The molecule has 0 amide bonds. The van der Waals surface area contributed by atoms with Crippen LogP contribution in [0.4, 0.5) is 0 Å². The van der Waals surface area contributed by atoms with E-state index in [1.807, 2.05) is 57.2 Å². The van der Waals surface area contributed by atoms with Gasteiger partial charge in [-0.05, 0) is 50.6 Å². The summed E-state index contributed by atoms with van der Waals surface area (Å²) in [5.74, 6) is 5.43. The van der Waals surface area contributed by atoms with Crippen molar-refractivity contribution in [2.75, 3.05) is 0 Å². The summed E-state index contributed by atoms with van der Waals surface area (Å²) in [6.07, 6.45) is 0.980. The minimum atomic E-state index is -0.523. The quantitative estimate of drug-likeness (QED) is 0.153. The van der Waals surface area contributed by atoms with E-state index < -0.39 is 11.0 Å². The fraction of sp³-hybridized carbons (Fsp3) is 0.474. The summed E-state index contributed by atoms with van der Waals surface area (Å²) in [5, 5.41) is 3.30. The number of amidine groups is 1. The van der Waals surface area contributed by atoms with E-state index in [-0.39, 0.29) is 33.0 Å². The molecular formula is C38H54N6O4S3. The fourth-order valence-corrected chi connectivity index (χ4v) is 6.86. The van der Waals surface area contributed by atoms with E-state index in [2.05, 4.69) is 110 Å². The molecule has 4 heterocycles. The van der Waals surface area contributed by atoms with Gasteiger partial charge in [0.15, 0.2) is 0 Å². The summed E-state index contributed by atoms with van der Waals surface area (Å²) < 4.78 is 22.7. The lowest BCUT2D eigenvalue weighted by atomic mass is 9.88. The van der Waals surface area contributed by atoms with Crippen molar-refractivity contribution in [3.63, 3.8) is 0 Å². The molecule has 1 unspecified atom stereocenters. The van der Waals surface area contributed by atoms with Crippen LogP contribution in [-0.4, -0.2) is 36.0 Å². The van der Waals surface area contributed by atoms with Gasteiger partial charge in [0.05, 0.1) is 20.7 Å². The van der Waals surface area contributed by atoms with Crippen molar-refractivity contribution in [3.8, 4) is 5.75 Å². The molecule has 1 aliphatic rings. The van der Waals surface area contributed by atoms with Crippen LogP contribution in [0.2, 0.25) is 0 Å². The van der Waals surface area contributed by atoms with Gasteiger partial charge in [0.25, 0.3) is 5.56 Å². The van der Waals surface area contributed by atoms with Crippen molar-refractivity contribution in [2.24, 2.45) is 9.81 Å². The average molecular weight is 755 g/mol. The standard InChI is InChI=1S/C13H17NOS.C13H15NO.C6H12N2OS.C6H10N2OS/c1-5-11-14-12-9(15-13(2,3)4)7-6-8-10(12)16-11;1-13(2,3)12-10-7-5-4-6-9(10)8-11(15)14-12;1-6(2,3)5-7-9-10(4)8-5;1-6(2,3)4-5(9)8-10-7-4/h6-8H,5H2,1-4H3;4-8H,1-3H3,(H,14,15);4H2,1-3H3,(H,7,8);1-3H3,(H,8,9). The Morgan fingerprint density at radius 1 is 0.882 bits per heavy atom. The van der Waals surface area contributed by atoms with E-state index in [9.17, 15) is 9.59 Å². The lowest BCUT2D eigenvalue weighted by Gasteiger charge is -2.21. The Balaban J connectivity index is 0.000000188. The molecular weight excluding hydrogens is 701 g/mol. The summed E-state index contributed by atoms with van der Waals surface area (Å²) in [4.78, 5) is 30.0. The van der Waals surface area contributed by atoms with Crippen LogP contribution in [0.25, 0.3) is 21.0 Å². The summed E-state index contributed by atoms with van der Waals surface area (Å²) in [7, 11) is -0.523. The molecule has 278 valence electrons. The Bertz CT molecular complexity index is 2080. The van der Waals surface area contributed by atoms with Crippen molar-refractivity contribution in [1.82, 2.24) is 24.2 Å².